The summed E-state index contributed by atoms with van der Waals surface area (Å²) in [6.07, 6.45) is 7.35. The second-order valence-electron chi connectivity index (χ2n) is 11.2. The molecular weight excluding hydrogens is 542 g/mol. The minimum Gasteiger partial charge on any atom is -0.396 e. The van der Waals surface area contributed by atoms with E-state index in [1.807, 2.05) is 25.7 Å². The van der Waals surface area contributed by atoms with Gasteiger partial charge < -0.3 is 19.8 Å². The highest BCUT2D eigenvalue weighted by Gasteiger charge is 2.76. The van der Waals surface area contributed by atoms with E-state index < -0.39 is 28.2 Å². The Bertz CT molecular complexity index is 878. The summed E-state index contributed by atoms with van der Waals surface area (Å²) in [6.45, 7) is 15.1. The zero-order valence-electron chi connectivity index (χ0n) is 22.1. The second-order valence-corrected chi connectivity index (χ2v) is 14.0. The molecule has 3 heterocycles. The van der Waals surface area contributed by atoms with Crippen LogP contribution in [0, 0.1) is 11.8 Å². The van der Waals surface area contributed by atoms with Crippen LogP contribution in [0.5, 0.6) is 0 Å². The number of unbranched alkanes of at least 4 members (excludes halogenated alkanes) is 3. The van der Waals surface area contributed by atoms with Crippen LogP contribution in [-0.2, 0) is 14.4 Å². The molecule has 3 amide bonds. The van der Waals surface area contributed by atoms with Crippen molar-refractivity contribution >= 4 is 45.4 Å². The number of rotatable bonds is 12. The number of likely N-dealkylation sites (N-methyl/N-ethyl adjacent to an activating group) is 1. The third-order valence-corrected chi connectivity index (χ3v) is 11.0. The lowest BCUT2D eigenvalue weighted by Crippen LogP contribution is -2.59. The fourth-order valence-electron chi connectivity index (χ4n) is 6.19. The van der Waals surface area contributed by atoms with Crippen LogP contribution < -0.4 is 0 Å². The van der Waals surface area contributed by atoms with Crippen molar-refractivity contribution in [2.24, 2.45) is 11.8 Å². The molecule has 0 aromatic carbocycles. The number of halogens is 1. The second kappa shape index (κ2) is 11.6. The number of likely N-dealkylation sites (tertiary alicyclic amines) is 1. The molecule has 2 bridgehead atoms. The number of fused-ring (bicyclic) bond motifs is 1. The molecule has 6 atom stereocenters. The van der Waals surface area contributed by atoms with Crippen LogP contribution >= 0.6 is 27.7 Å². The van der Waals surface area contributed by atoms with Gasteiger partial charge in [0.05, 0.1) is 16.6 Å². The Morgan fingerprint density at radius 1 is 1.17 bits per heavy atom. The summed E-state index contributed by atoms with van der Waals surface area (Å²) in [7, 11) is 1.75. The van der Waals surface area contributed by atoms with Gasteiger partial charge in [0.1, 0.15) is 6.04 Å². The highest BCUT2D eigenvalue weighted by Crippen LogP contribution is 2.68. The number of carbonyl (C=O) groups excluding carboxylic acids is 3. The summed E-state index contributed by atoms with van der Waals surface area (Å²) in [5.41, 5.74) is -0.440. The van der Waals surface area contributed by atoms with Crippen LogP contribution in [-0.4, -0.2) is 97.2 Å². The van der Waals surface area contributed by atoms with E-state index in [4.69, 9.17) is 5.11 Å². The van der Waals surface area contributed by atoms with E-state index in [1.54, 1.807) is 40.8 Å². The van der Waals surface area contributed by atoms with Crippen LogP contribution in [0.1, 0.15) is 52.9 Å². The molecule has 0 aromatic heterocycles. The molecule has 3 aliphatic rings. The first kappa shape index (κ1) is 29.2. The maximum absolute atomic E-state index is 14.3. The van der Waals surface area contributed by atoms with Gasteiger partial charge in [-0.15, -0.1) is 24.9 Å². The predicted molar refractivity (Wildman–Crippen MR) is 149 cm³/mol. The van der Waals surface area contributed by atoms with E-state index in [0.717, 1.165) is 25.7 Å². The van der Waals surface area contributed by atoms with Crippen molar-refractivity contribution in [1.82, 2.24) is 14.7 Å². The molecule has 3 saturated heterocycles. The van der Waals surface area contributed by atoms with E-state index in [-0.39, 0.29) is 34.4 Å². The van der Waals surface area contributed by atoms with E-state index in [1.165, 1.54) is 0 Å². The number of alkyl halides is 1. The number of hydrogen-bond donors (Lipinski definition) is 1. The fraction of sp³-hybridized carbons (Fsp3) is 0.741. The molecule has 1 spiro atoms. The van der Waals surface area contributed by atoms with E-state index in [9.17, 15) is 14.4 Å². The number of aliphatic hydroxyl groups excluding tert-OH is 1. The molecule has 0 aliphatic carbocycles. The quantitative estimate of drug-likeness (QED) is 0.216. The Morgan fingerprint density at radius 2 is 1.81 bits per heavy atom. The largest absolute Gasteiger partial charge is 0.396 e. The van der Waals surface area contributed by atoms with Crippen molar-refractivity contribution in [1.29, 1.82) is 0 Å². The van der Waals surface area contributed by atoms with Crippen molar-refractivity contribution in [3.63, 3.8) is 0 Å². The van der Waals surface area contributed by atoms with Crippen molar-refractivity contribution in [2.75, 3.05) is 33.3 Å². The summed E-state index contributed by atoms with van der Waals surface area (Å²) in [5, 5.41) is 9.07. The van der Waals surface area contributed by atoms with Gasteiger partial charge in [-0.1, -0.05) is 40.9 Å². The summed E-state index contributed by atoms with van der Waals surface area (Å²) in [6, 6.07) is -0.621. The first-order valence-corrected chi connectivity index (χ1v) is 14.8. The number of aliphatic hydroxyl groups is 1. The van der Waals surface area contributed by atoms with Gasteiger partial charge >= 0.3 is 0 Å². The zero-order chi connectivity index (χ0) is 26.8. The van der Waals surface area contributed by atoms with Crippen molar-refractivity contribution in [3.8, 4) is 0 Å². The molecule has 9 heteroatoms. The lowest BCUT2D eigenvalue weighted by Gasteiger charge is -2.42. The molecule has 3 rings (SSSR count). The number of nitrogens with zero attached hydrogens (tertiary/aromatic N) is 3. The molecule has 3 fully saturated rings. The highest BCUT2D eigenvalue weighted by atomic mass is 79.9. The van der Waals surface area contributed by atoms with Crippen molar-refractivity contribution < 1.29 is 19.5 Å². The van der Waals surface area contributed by atoms with Gasteiger partial charge in [0, 0.05) is 48.9 Å². The molecule has 7 nitrogen and oxygen atoms in total. The highest BCUT2D eigenvalue weighted by molar-refractivity contribution is 9.09. The Balaban J connectivity index is 2.02. The summed E-state index contributed by atoms with van der Waals surface area (Å²) in [4.78, 5) is 47.4. The smallest absolute Gasteiger partial charge is 0.247 e. The lowest BCUT2D eigenvalue weighted by atomic mass is 9.70. The van der Waals surface area contributed by atoms with Gasteiger partial charge in [-0.2, -0.15) is 0 Å². The number of carbonyl (C=O) groups is 3. The summed E-state index contributed by atoms with van der Waals surface area (Å²) >= 11 is 5.50. The minimum absolute atomic E-state index is 0.0495. The third-order valence-electron chi connectivity index (χ3n) is 7.78. The molecule has 0 radical (unpaired) electrons. The Hall–Kier alpha value is -1.32. The Kier molecular flexibility index (Phi) is 9.42. The van der Waals surface area contributed by atoms with Gasteiger partial charge in [-0.05, 0) is 40.0 Å². The lowest BCUT2D eigenvalue weighted by molar-refractivity contribution is -0.146. The van der Waals surface area contributed by atoms with E-state index in [0.29, 0.717) is 26.1 Å². The standard InChI is InChI=1S/C27H42BrN3O4S/c1-7-13-29(6)23(33)19-20-24(34)30(15-11-9-10-12-16-32)22(27(20)17-18(28)21(19)36-27)25(35)31(14-8-2)26(3,4)5/h7-8,18-22,32H,1-2,9-17H2,3-6H3/t18?,19-,20-,21-,22?,27?/m0/s1. The van der Waals surface area contributed by atoms with Crippen LogP contribution in [0.25, 0.3) is 0 Å². The molecular formula is C27H42BrN3O4S. The predicted octanol–water partition coefficient (Wildman–Crippen LogP) is 3.46. The average molecular weight is 585 g/mol. The molecule has 0 aromatic rings. The SMILES string of the molecule is C=CCN(C)C(=O)[C@H]1[C@H]2C(=O)N(CCCCCCO)C(C(=O)N(CC=C)C(C)(C)C)C23CC(Br)[C@@H]1S3. The average Bonchev–Trinajstić information content (AvgIpc) is 3.39. The molecule has 0 saturated carbocycles. The Labute approximate surface area is 228 Å². The van der Waals surface area contributed by atoms with Crippen LogP contribution in [0.4, 0.5) is 0 Å². The minimum atomic E-state index is -0.641. The first-order valence-electron chi connectivity index (χ1n) is 13.0. The summed E-state index contributed by atoms with van der Waals surface area (Å²) in [5.74, 6) is -1.16. The van der Waals surface area contributed by atoms with Crippen molar-refractivity contribution in [2.45, 2.75) is 79.3 Å². The molecule has 1 N–H and O–H groups in total. The molecule has 3 aliphatic heterocycles. The number of amides is 3. The monoisotopic (exact) mass is 583 g/mol. The molecule has 3 unspecified atom stereocenters. The fourth-order valence-corrected chi connectivity index (χ4v) is 9.79. The van der Waals surface area contributed by atoms with Gasteiger partial charge in [0.2, 0.25) is 17.7 Å². The zero-order valence-corrected chi connectivity index (χ0v) is 24.5. The maximum atomic E-state index is 14.3. The topological polar surface area (TPSA) is 81.2 Å². The maximum Gasteiger partial charge on any atom is 0.247 e. The summed E-state index contributed by atoms with van der Waals surface area (Å²) < 4.78 is -0.641. The van der Waals surface area contributed by atoms with Crippen molar-refractivity contribution in [3.05, 3.63) is 25.3 Å². The number of hydrogen-bond acceptors (Lipinski definition) is 5. The third kappa shape index (κ3) is 5.17. The van der Waals surface area contributed by atoms with E-state index >= 15 is 0 Å². The van der Waals surface area contributed by atoms with Crippen LogP contribution in [0.15, 0.2) is 25.3 Å². The van der Waals surface area contributed by atoms with Gasteiger partial charge in [-0.25, -0.2) is 0 Å². The van der Waals surface area contributed by atoms with Crippen LogP contribution in [0.3, 0.4) is 0 Å². The Morgan fingerprint density at radius 3 is 2.39 bits per heavy atom. The van der Waals surface area contributed by atoms with Crippen LogP contribution in [0.2, 0.25) is 0 Å². The van der Waals surface area contributed by atoms with Gasteiger partial charge in [-0.3, -0.25) is 14.4 Å². The first-order chi connectivity index (χ1) is 17.0. The van der Waals surface area contributed by atoms with Gasteiger partial charge in [0.25, 0.3) is 0 Å². The molecule has 36 heavy (non-hydrogen) atoms. The number of thioether (sulfide) groups is 1. The molecule has 202 valence electrons. The van der Waals surface area contributed by atoms with E-state index in [2.05, 4.69) is 29.1 Å². The van der Waals surface area contributed by atoms with Gasteiger partial charge in [0.15, 0.2) is 0 Å². The normalized spacial score (nSPS) is 30.9.